The van der Waals surface area contributed by atoms with E-state index in [9.17, 15) is 0 Å². The molecule has 13 rings (SSSR count). The molecule has 0 saturated carbocycles. The quantitative estimate of drug-likeness (QED) is 0.181. The molecule has 264 valence electrons. The zero-order valence-corrected chi connectivity index (χ0v) is 30.4. The summed E-state index contributed by atoms with van der Waals surface area (Å²) in [5.41, 5.74) is 11.6. The first-order chi connectivity index (χ1) is 28.2. The van der Waals surface area contributed by atoms with Gasteiger partial charge < -0.3 is 13.4 Å². The second-order valence-corrected chi connectivity index (χ2v) is 14.9. The van der Waals surface area contributed by atoms with E-state index in [-0.39, 0.29) is 0 Å². The van der Waals surface area contributed by atoms with Crippen LogP contribution in [-0.4, -0.2) is 14.5 Å². The van der Waals surface area contributed by atoms with Crippen molar-refractivity contribution < 1.29 is 8.83 Å². The van der Waals surface area contributed by atoms with Crippen molar-refractivity contribution >= 4 is 87.2 Å². The molecule has 0 unspecified atom stereocenters. The van der Waals surface area contributed by atoms with Gasteiger partial charge in [-0.3, -0.25) is 0 Å². The molecule has 0 aliphatic rings. The Hall–Kier alpha value is -7.76. The third kappa shape index (κ3) is 4.39. The number of rotatable bonds is 4. The van der Waals surface area contributed by atoms with Crippen molar-refractivity contribution in [3.05, 3.63) is 176 Å². The van der Waals surface area contributed by atoms with Crippen LogP contribution in [0.4, 0.5) is 0 Å². The lowest BCUT2D eigenvalue weighted by molar-refractivity contribution is 0.664. The summed E-state index contributed by atoms with van der Waals surface area (Å²) in [6.45, 7) is 0. The van der Waals surface area contributed by atoms with Crippen LogP contribution in [0, 0.1) is 0 Å². The van der Waals surface area contributed by atoms with Gasteiger partial charge in [-0.1, -0.05) is 115 Å². The smallest absolute Gasteiger partial charge is 0.160 e. The minimum atomic E-state index is 0.673. The molecular formula is C52H29N3O2. The maximum Gasteiger partial charge on any atom is 0.160 e. The molecule has 4 heterocycles. The SMILES string of the molecule is c1ccc(-c2cc(-c3cccc4oc5ccccc5c34)nc(-c3ccc4cc(-n5c6ccc7cccc8oc9cccc%10ccc5c(c%109)c6c78)ccc4c3)n2)cc1. The highest BCUT2D eigenvalue weighted by Crippen LogP contribution is 2.45. The fraction of sp³-hybridized carbons (Fsp3) is 0. The standard InChI is InChI=1S/C52H29N3O2/c1-2-9-30(10-3-1)39-29-40(37-14-8-18-46-49(37)38-13-4-5-15-43(38)56-46)54-52(53-39)35-20-19-34-28-36(24-21-33(34)27-35)55-41-25-22-31-11-6-16-44-47(31)50(41)51-42(55)26-23-32-12-7-17-45(57-44)48(32)51/h1-29H. The average molecular weight is 728 g/mol. The lowest BCUT2D eigenvalue weighted by Crippen LogP contribution is -1.97. The Morgan fingerprint density at radius 1 is 0.368 bits per heavy atom. The molecule has 57 heavy (non-hydrogen) atoms. The van der Waals surface area contributed by atoms with E-state index in [4.69, 9.17) is 18.8 Å². The Labute approximate surface area is 325 Å². The average Bonchev–Trinajstić information content (AvgIpc) is 3.77. The van der Waals surface area contributed by atoms with Crippen LogP contribution in [0.5, 0.6) is 0 Å². The van der Waals surface area contributed by atoms with Crippen molar-refractivity contribution in [3.63, 3.8) is 0 Å². The Balaban J connectivity index is 0.999. The summed E-state index contributed by atoms with van der Waals surface area (Å²) in [6.07, 6.45) is 0. The molecule has 0 fully saturated rings. The van der Waals surface area contributed by atoms with Crippen molar-refractivity contribution in [2.45, 2.75) is 0 Å². The van der Waals surface area contributed by atoms with Crippen LogP contribution in [0.25, 0.3) is 127 Å². The van der Waals surface area contributed by atoms with E-state index in [0.29, 0.717) is 5.82 Å². The summed E-state index contributed by atoms with van der Waals surface area (Å²) in [6, 6.07) is 61.8. The minimum absolute atomic E-state index is 0.673. The Kier molecular flexibility index (Phi) is 6.10. The molecular weight excluding hydrogens is 699 g/mol. The van der Waals surface area contributed by atoms with Crippen molar-refractivity contribution in [1.82, 2.24) is 14.5 Å². The van der Waals surface area contributed by atoms with E-state index < -0.39 is 0 Å². The first-order valence-electron chi connectivity index (χ1n) is 19.2. The van der Waals surface area contributed by atoms with Gasteiger partial charge in [0.1, 0.15) is 22.3 Å². The van der Waals surface area contributed by atoms with Crippen LogP contribution >= 0.6 is 0 Å². The number of aromatic nitrogens is 3. The molecule has 5 heteroatoms. The highest BCUT2D eigenvalue weighted by molar-refractivity contribution is 6.33. The lowest BCUT2D eigenvalue weighted by Gasteiger charge is -2.12. The summed E-state index contributed by atoms with van der Waals surface area (Å²) in [5.74, 6) is 0.673. The molecule has 0 bridgehead atoms. The molecule has 0 amide bonds. The number of furan rings is 1. The van der Waals surface area contributed by atoms with Gasteiger partial charge in [-0.25, -0.2) is 9.97 Å². The number of fused-ring (bicyclic) bond motifs is 4. The van der Waals surface area contributed by atoms with Gasteiger partial charge in [0.05, 0.1) is 22.4 Å². The summed E-state index contributed by atoms with van der Waals surface area (Å²) < 4.78 is 15.3. The molecule has 0 aliphatic heterocycles. The molecule has 0 radical (unpaired) electrons. The van der Waals surface area contributed by atoms with Crippen molar-refractivity contribution in [2.24, 2.45) is 0 Å². The Bertz CT molecular complexity index is 3660. The van der Waals surface area contributed by atoms with E-state index >= 15 is 0 Å². The highest BCUT2D eigenvalue weighted by atomic mass is 16.3. The third-order valence-electron chi connectivity index (χ3n) is 11.7. The molecule has 0 saturated heterocycles. The van der Waals surface area contributed by atoms with Crippen LogP contribution in [0.1, 0.15) is 0 Å². The number of hydrogen-bond acceptors (Lipinski definition) is 4. The molecule has 5 nitrogen and oxygen atoms in total. The van der Waals surface area contributed by atoms with Crippen LogP contribution in [0.15, 0.2) is 185 Å². The maximum atomic E-state index is 6.64. The fourth-order valence-electron chi connectivity index (χ4n) is 9.22. The number of benzene rings is 9. The summed E-state index contributed by atoms with van der Waals surface area (Å²) in [4.78, 5) is 10.4. The zero-order chi connectivity index (χ0) is 37.2. The van der Waals surface area contributed by atoms with E-state index in [1.165, 1.54) is 21.5 Å². The maximum absolute atomic E-state index is 6.64. The summed E-state index contributed by atoms with van der Waals surface area (Å²) >= 11 is 0. The minimum Gasteiger partial charge on any atom is -0.456 e. The van der Waals surface area contributed by atoms with Gasteiger partial charge >= 0.3 is 0 Å². The second-order valence-electron chi connectivity index (χ2n) is 14.9. The van der Waals surface area contributed by atoms with Gasteiger partial charge in [0.15, 0.2) is 5.82 Å². The van der Waals surface area contributed by atoms with Gasteiger partial charge in [-0.05, 0) is 82.2 Å². The van der Waals surface area contributed by atoms with Crippen LogP contribution < -0.4 is 0 Å². The van der Waals surface area contributed by atoms with E-state index in [1.807, 2.05) is 30.3 Å². The van der Waals surface area contributed by atoms with Gasteiger partial charge in [-0.15, -0.1) is 0 Å². The zero-order valence-electron chi connectivity index (χ0n) is 30.4. The van der Waals surface area contributed by atoms with Gasteiger partial charge in [0.2, 0.25) is 0 Å². The normalized spacial score (nSPS) is 12.2. The molecule has 4 aromatic heterocycles. The first-order valence-corrected chi connectivity index (χ1v) is 19.2. The first kappa shape index (κ1) is 30.6. The Morgan fingerprint density at radius 3 is 1.74 bits per heavy atom. The molecule has 0 atom stereocenters. The van der Waals surface area contributed by atoms with Crippen molar-refractivity contribution in [3.8, 4) is 39.6 Å². The third-order valence-corrected chi connectivity index (χ3v) is 11.7. The van der Waals surface area contributed by atoms with Crippen LogP contribution in [-0.2, 0) is 0 Å². The topological polar surface area (TPSA) is 57.0 Å². The molecule has 13 aromatic rings. The fourth-order valence-corrected chi connectivity index (χ4v) is 9.22. The van der Waals surface area contributed by atoms with Crippen LogP contribution in [0.2, 0.25) is 0 Å². The van der Waals surface area contributed by atoms with E-state index in [1.54, 1.807) is 0 Å². The molecule has 9 aromatic carbocycles. The van der Waals surface area contributed by atoms with E-state index in [2.05, 4.69) is 150 Å². The number of para-hydroxylation sites is 1. The number of hydrogen-bond donors (Lipinski definition) is 0. The highest BCUT2D eigenvalue weighted by Gasteiger charge is 2.22. The predicted octanol–water partition coefficient (Wildman–Crippen LogP) is 14.1. The van der Waals surface area contributed by atoms with Crippen LogP contribution in [0.3, 0.4) is 0 Å². The van der Waals surface area contributed by atoms with Gasteiger partial charge in [0, 0.05) is 54.7 Å². The second kappa shape index (κ2) is 11.4. The van der Waals surface area contributed by atoms with Crippen molar-refractivity contribution in [2.75, 3.05) is 0 Å². The molecule has 0 aliphatic carbocycles. The summed E-state index contributed by atoms with van der Waals surface area (Å²) in [7, 11) is 0. The number of nitrogens with zero attached hydrogens (tertiary/aromatic N) is 3. The van der Waals surface area contributed by atoms with Crippen molar-refractivity contribution in [1.29, 1.82) is 0 Å². The van der Waals surface area contributed by atoms with Gasteiger partial charge in [0.25, 0.3) is 0 Å². The van der Waals surface area contributed by atoms with E-state index in [0.717, 1.165) is 99.4 Å². The summed E-state index contributed by atoms with van der Waals surface area (Å²) in [5, 5.41) is 11.5. The monoisotopic (exact) mass is 727 g/mol. The van der Waals surface area contributed by atoms with Gasteiger partial charge in [-0.2, -0.15) is 0 Å². The Morgan fingerprint density at radius 2 is 0.965 bits per heavy atom. The largest absolute Gasteiger partial charge is 0.456 e. The molecule has 0 spiro atoms. The molecule has 0 N–H and O–H groups in total. The lowest BCUT2D eigenvalue weighted by atomic mass is 10.00. The predicted molar refractivity (Wildman–Crippen MR) is 233 cm³/mol.